The van der Waals surface area contributed by atoms with E-state index in [9.17, 15) is 22.4 Å². The summed E-state index contributed by atoms with van der Waals surface area (Å²) in [6.07, 6.45) is -0.347. The molecule has 2 heterocycles. The van der Waals surface area contributed by atoms with Crippen molar-refractivity contribution in [2.75, 3.05) is 10.6 Å². The molecule has 11 heteroatoms. The second-order valence-electron chi connectivity index (χ2n) is 7.46. The highest BCUT2D eigenvalue weighted by Crippen LogP contribution is 2.35. The Morgan fingerprint density at radius 1 is 1.09 bits per heavy atom. The number of hydrogen-bond acceptors (Lipinski definition) is 5. The van der Waals surface area contributed by atoms with Crippen molar-refractivity contribution in [3.8, 4) is 17.0 Å². The molecule has 35 heavy (non-hydrogen) atoms. The Labute approximate surface area is 197 Å². The Morgan fingerprint density at radius 2 is 1.86 bits per heavy atom. The van der Waals surface area contributed by atoms with Gasteiger partial charge in [0, 0.05) is 54.6 Å². The van der Waals surface area contributed by atoms with Gasteiger partial charge in [0.2, 0.25) is 0 Å². The van der Waals surface area contributed by atoms with Gasteiger partial charge < -0.3 is 15.4 Å². The van der Waals surface area contributed by atoms with E-state index in [2.05, 4.69) is 25.5 Å². The average Bonchev–Trinajstić information content (AvgIpc) is 3.27. The Balaban J connectivity index is 1.65. The predicted octanol–water partition coefficient (Wildman–Crippen LogP) is 5.38. The molecule has 0 aliphatic heterocycles. The summed E-state index contributed by atoms with van der Waals surface area (Å²) >= 11 is 0. The molecule has 0 atom stereocenters. The molecule has 0 spiro atoms. The van der Waals surface area contributed by atoms with Crippen LogP contribution in [0.5, 0.6) is 5.75 Å². The van der Waals surface area contributed by atoms with E-state index < -0.39 is 23.8 Å². The topological polar surface area (TPSA) is 81.1 Å². The maximum absolute atomic E-state index is 14.4. The van der Waals surface area contributed by atoms with Crippen LogP contribution in [0.4, 0.5) is 28.9 Å². The first-order valence-electron chi connectivity index (χ1n) is 10.3. The molecular weight excluding hydrogens is 466 g/mol. The Morgan fingerprint density at radius 3 is 2.54 bits per heavy atom. The summed E-state index contributed by atoms with van der Waals surface area (Å²) in [5.41, 5.74) is 1.76. The van der Waals surface area contributed by atoms with Crippen molar-refractivity contribution in [1.82, 2.24) is 14.8 Å². The van der Waals surface area contributed by atoms with Crippen LogP contribution < -0.4 is 15.4 Å². The molecule has 0 unspecified atom stereocenters. The summed E-state index contributed by atoms with van der Waals surface area (Å²) in [5.74, 6) is -2.84. The maximum atomic E-state index is 14.4. The highest BCUT2D eigenvalue weighted by molar-refractivity contribution is 6.04. The second kappa shape index (κ2) is 9.84. The molecule has 1 amide bonds. The fourth-order valence-electron chi connectivity index (χ4n) is 3.34. The van der Waals surface area contributed by atoms with E-state index in [-0.39, 0.29) is 23.4 Å². The number of carbonyl (C=O) groups excluding carboxylic acids is 1. The van der Waals surface area contributed by atoms with Crippen molar-refractivity contribution in [2.24, 2.45) is 7.05 Å². The summed E-state index contributed by atoms with van der Waals surface area (Å²) in [4.78, 5) is 16.7. The fraction of sp³-hybridized carbons (Fsp3) is 0.125. The number of pyridine rings is 1. The minimum Gasteiger partial charge on any atom is -0.402 e. The third-order valence-electron chi connectivity index (χ3n) is 4.93. The van der Waals surface area contributed by atoms with E-state index in [0.29, 0.717) is 16.9 Å². The van der Waals surface area contributed by atoms with Crippen LogP contribution in [-0.2, 0) is 13.6 Å². The van der Waals surface area contributed by atoms with Gasteiger partial charge in [-0.1, -0.05) is 18.2 Å². The number of aryl methyl sites for hydroxylation is 1. The number of benzene rings is 2. The van der Waals surface area contributed by atoms with Crippen molar-refractivity contribution in [1.29, 1.82) is 0 Å². The molecule has 2 aromatic heterocycles. The van der Waals surface area contributed by atoms with E-state index in [1.165, 1.54) is 12.3 Å². The third kappa shape index (κ3) is 5.94. The number of alkyl halides is 3. The monoisotopic (exact) mass is 485 g/mol. The smallest absolute Gasteiger partial charge is 0.402 e. The molecule has 0 bridgehead atoms. The van der Waals surface area contributed by atoms with Crippen LogP contribution in [0.3, 0.4) is 0 Å². The molecule has 0 aliphatic rings. The number of ether oxygens (including phenoxy) is 1. The fourth-order valence-corrected chi connectivity index (χ4v) is 3.34. The molecule has 2 N–H and O–H groups in total. The Hall–Kier alpha value is -4.41. The normalized spacial score (nSPS) is 11.2. The standard InChI is InChI=1S/C24H19F4N5O2/c1-33-10-9-20(32-33)16-11-17(13-29-12-16)30-14-18-21(31-23(34)15-5-3-2-4-6-15)8-7-19(25)22(18)35-24(26,27)28/h2-13,30H,14H2,1H3,(H,31,34). The molecule has 4 aromatic rings. The zero-order valence-electron chi connectivity index (χ0n) is 18.3. The number of hydrogen-bond donors (Lipinski definition) is 2. The molecule has 4 rings (SSSR count). The van der Waals surface area contributed by atoms with E-state index in [1.807, 2.05) is 0 Å². The zero-order chi connectivity index (χ0) is 25.0. The van der Waals surface area contributed by atoms with E-state index in [0.717, 1.165) is 6.07 Å². The van der Waals surface area contributed by atoms with Gasteiger partial charge in [-0.3, -0.25) is 14.5 Å². The van der Waals surface area contributed by atoms with Gasteiger partial charge >= 0.3 is 6.36 Å². The molecule has 0 aliphatic carbocycles. The summed E-state index contributed by atoms with van der Waals surface area (Å²) < 4.78 is 59.2. The molecular formula is C24H19F4N5O2. The van der Waals surface area contributed by atoms with Crippen LogP contribution in [0, 0.1) is 5.82 Å². The number of aromatic nitrogens is 3. The minimum atomic E-state index is -5.14. The Bertz CT molecular complexity index is 1340. The maximum Gasteiger partial charge on any atom is 0.573 e. The average molecular weight is 485 g/mol. The van der Waals surface area contributed by atoms with Gasteiger partial charge in [-0.05, 0) is 36.4 Å². The lowest BCUT2D eigenvalue weighted by Crippen LogP contribution is -2.21. The van der Waals surface area contributed by atoms with E-state index >= 15 is 0 Å². The van der Waals surface area contributed by atoms with Gasteiger partial charge in [-0.15, -0.1) is 13.2 Å². The number of amides is 1. The largest absolute Gasteiger partial charge is 0.573 e. The van der Waals surface area contributed by atoms with Crippen molar-refractivity contribution in [3.05, 3.63) is 90.1 Å². The van der Waals surface area contributed by atoms with Crippen molar-refractivity contribution in [2.45, 2.75) is 12.9 Å². The van der Waals surface area contributed by atoms with Gasteiger partial charge in [0.25, 0.3) is 5.91 Å². The van der Waals surface area contributed by atoms with Crippen LogP contribution in [0.2, 0.25) is 0 Å². The first-order valence-corrected chi connectivity index (χ1v) is 10.3. The first-order chi connectivity index (χ1) is 16.7. The lowest BCUT2D eigenvalue weighted by atomic mass is 10.1. The zero-order valence-corrected chi connectivity index (χ0v) is 18.3. The van der Waals surface area contributed by atoms with E-state index in [4.69, 9.17) is 0 Å². The summed E-state index contributed by atoms with van der Waals surface area (Å²) in [7, 11) is 1.76. The SMILES string of the molecule is Cn1ccc(-c2cncc(NCc3c(NC(=O)c4ccccc4)ccc(F)c3OC(F)(F)F)c2)n1. The quantitative estimate of drug-likeness (QED) is 0.344. The molecule has 0 radical (unpaired) electrons. The molecule has 7 nitrogen and oxygen atoms in total. The van der Waals surface area contributed by atoms with Crippen molar-refractivity contribution in [3.63, 3.8) is 0 Å². The summed E-state index contributed by atoms with van der Waals surface area (Å²) in [6.45, 7) is -0.305. The molecule has 0 fully saturated rings. The van der Waals surface area contributed by atoms with Gasteiger partial charge in [0.1, 0.15) is 0 Å². The number of nitrogens with one attached hydrogen (secondary N) is 2. The summed E-state index contributed by atoms with van der Waals surface area (Å²) in [6, 6.07) is 13.5. The lowest BCUT2D eigenvalue weighted by Gasteiger charge is -2.19. The second-order valence-corrected chi connectivity index (χ2v) is 7.46. The van der Waals surface area contributed by atoms with E-state index in [1.54, 1.807) is 66.6 Å². The summed E-state index contributed by atoms with van der Waals surface area (Å²) in [5, 5.41) is 9.75. The number of nitrogens with zero attached hydrogens (tertiary/aromatic N) is 3. The van der Waals surface area contributed by atoms with Crippen molar-refractivity contribution < 1.29 is 27.1 Å². The van der Waals surface area contributed by atoms with Crippen LogP contribution >= 0.6 is 0 Å². The van der Waals surface area contributed by atoms with Gasteiger partial charge in [0.15, 0.2) is 11.6 Å². The number of anilines is 2. The molecule has 0 saturated heterocycles. The lowest BCUT2D eigenvalue weighted by molar-refractivity contribution is -0.275. The van der Waals surface area contributed by atoms with Crippen LogP contribution in [0.15, 0.2) is 73.2 Å². The van der Waals surface area contributed by atoms with Crippen LogP contribution in [0.1, 0.15) is 15.9 Å². The minimum absolute atomic E-state index is 0.0409. The van der Waals surface area contributed by atoms with Gasteiger partial charge in [0.05, 0.1) is 11.4 Å². The highest BCUT2D eigenvalue weighted by Gasteiger charge is 2.34. The highest BCUT2D eigenvalue weighted by atomic mass is 19.4. The number of halogens is 4. The molecule has 0 saturated carbocycles. The number of carbonyl (C=O) groups is 1. The number of rotatable bonds is 7. The van der Waals surface area contributed by atoms with Crippen LogP contribution in [0.25, 0.3) is 11.3 Å². The molecule has 2 aromatic carbocycles. The van der Waals surface area contributed by atoms with Gasteiger partial charge in [-0.25, -0.2) is 4.39 Å². The van der Waals surface area contributed by atoms with Gasteiger partial charge in [-0.2, -0.15) is 5.10 Å². The predicted molar refractivity (Wildman–Crippen MR) is 121 cm³/mol. The van der Waals surface area contributed by atoms with Crippen molar-refractivity contribution >= 4 is 17.3 Å². The first kappa shape index (κ1) is 23.7. The third-order valence-corrected chi connectivity index (χ3v) is 4.93. The van der Waals surface area contributed by atoms with Crippen LogP contribution in [-0.4, -0.2) is 27.0 Å². The molecule has 180 valence electrons. The Kier molecular flexibility index (Phi) is 6.67.